The maximum Gasteiger partial charge on any atom is 0.266 e. The van der Waals surface area contributed by atoms with Crippen molar-refractivity contribution in [3.05, 3.63) is 22.1 Å². The van der Waals surface area contributed by atoms with Crippen LogP contribution in [0, 0.1) is 0 Å². The first-order valence-corrected chi connectivity index (χ1v) is 5.62. The summed E-state index contributed by atoms with van der Waals surface area (Å²) in [6.45, 7) is 4.12. The quantitative estimate of drug-likeness (QED) is 0.720. The van der Waals surface area contributed by atoms with Gasteiger partial charge in [-0.2, -0.15) is 0 Å². The van der Waals surface area contributed by atoms with Crippen LogP contribution in [0.25, 0.3) is 0 Å². The molecule has 2 heterocycles. The Hall–Kier alpha value is -0.990. The second-order valence-corrected chi connectivity index (χ2v) is 4.03. The fraction of sp³-hybridized carbons (Fsp3) is 0.727. The molecule has 78 valence electrons. The van der Waals surface area contributed by atoms with Crippen LogP contribution in [0.4, 0.5) is 0 Å². The average molecular weight is 194 g/mol. The van der Waals surface area contributed by atoms with Gasteiger partial charge in [-0.15, -0.1) is 0 Å². The molecule has 0 saturated heterocycles. The van der Waals surface area contributed by atoms with Gasteiger partial charge in [-0.25, -0.2) is 0 Å². The van der Waals surface area contributed by atoms with Crippen molar-refractivity contribution in [2.45, 2.75) is 52.1 Å². The number of rotatable bonds is 3. The van der Waals surface area contributed by atoms with Crippen molar-refractivity contribution in [3.8, 4) is 0 Å². The zero-order valence-electron chi connectivity index (χ0n) is 8.83. The highest BCUT2D eigenvalue weighted by Crippen LogP contribution is 2.11. The van der Waals surface area contributed by atoms with Crippen molar-refractivity contribution < 1.29 is 0 Å². The molecule has 2 rings (SSSR count). The molecule has 3 nitrogen and oxygen atoms in total. The molecule has 0 N–H and O–H groups in total. The second kappa shape index (κ2) is 4.03. The molecular weight excluding hydrogens is 176 g/mol. The number of hydrogen-bond acceptors (Lipinski definition) is 1. The van der Waals surface area contributed by atoms with Gasteiger partial charge in [0.15, 0.2) is 0 Å². The van der Waals surface area contributed by atoms with Crippen molar-refractivity contribution in [2.75, 3.05) is 0 Å². The number of aromatic nitrogens is 2. The lowest BCUT2D eigenvalue weighted by Crippen LogP contribution is -2.27. The predicted molar refractivity (Wildman–Crippen MR) is 56.5 cm³/mol. The summed E-state index contributed by atoms with van der Waals surface area (Å²) < 4.78 is 4.08. The lowest BCUT2D eigenvalue weighted by Gasteiger charge is -2.19. The van der Waals surface area contributed by atoms with E-state index in [-0.39, 0.29) is 5.56 Å². The summed E-state index contributed by atoms with van der Waals surface area (Å²) in [4.78, 5) is 11.6. The van der Waals surface area contributed by atoms with Gasteiger partial charge in [-0.3, -0.25) is 14.2 Å². The standard InChI is InChI=1S/C11H18N2O/c1-2-3-6-10-9-11(14)13-8-5-4-7-12(10)13/h9H,2-8H2,1H3. The normalized spacial score (nSPS) is 15.5. The summed E-state index contributed by atoms with van der Waals surface area (Å²) in [6, 6.07) is 1.82. The summed E-state index contributed by atoms with van der Waals surface area (Å²) in [5.41, 5.74) is 1.42. The van der Waals surface area contributed by atoms with E-state index in [9.17, 15) is 4.79 Å². The summed E-state index contributed by atoms with van der Waals surface area (Å²) in [5, 5.41) is 0. The van der Waals surface area contributed by atoms with Gasteiger partial charge in [0.05, 0.1) is 0 Å². The molecule has 1 aliphatic heterocycles. The Morgan fingerprint density at radius 2 is 2.00 bits per heavy atom. The molecular formula is C11H18N2O. The van der Waals surface area contributed by atoms with Gasteiger partial charge in [0.25, 0.3) is 5.56 Å². The first kappa shape index (κ1) is 9.56. The molecule has 0 fully saturated rings. The first-order valence-electron chi connectivity index (χ1n) is 5.62. The Kier molecular flexibility index (Phi) is 2.75. The van der Waals surface area contributed by atoms with Gasteiger partial charge < -0.3 is 0 Å². The van der Waals surface area contributed by atoms with Crippen LogP contribution < -0.4 is 5.56 Å². The number of unbranched alkanes of at least 4 members (excludes halogenated alkanes) is 1. The van der Waals surface area contributed by atoms with E-state index in [1.165, 1.54) is 25.0 Å². The van der Waals surface area contributed by atoms with E-state index in [0.29, 0.717) is 0 Å². The van der Waals surface area contributed by atoms with Crippen molar-refractivity contribution in [3.63, 3.8) is 0 Å². The van der Waals surface area contributed by atoms with Gasteiger partial charge in [0.2, 0.25) is 0 Å². The summed E-state index contributed by atoms with van der Waals surface area (Å²) >= 11 is 0. The Morgan fingerprint density at radius 1 is 1.29 bits per heavy atom. The Morgan fingerprint density at radius 3 is 2.71 bits per heavy atom. The van der Waals surface area contributed by atoms with E-state index in [1.807, 2.05) is 10.7 Å². The molecule has 14 heavy (non-hydrogen) atoms. The fourth-order valence-corrected chi connectivity index (χ4v) is 2.14. The first-order chi connectivity index (χ1) is 6.83. The SMILES string of the molecule is CCCCc1cc(=O)n2n1CCCC2. The smallest absolute Gasteiger partial charge is 0.266 e. The van der Waals surface area contributed by atoms with Gasteiger partial charge in [-0.1, -0.05) is 13.3 Å². The van der Waals surface area contributed by atoms with E-state index in [0.717, 1.165) is 25.9 Å². The van der Waals surface area contributed by atoms with Gasteiger partial charge in [-0.05, 0) is 25.7 Å². The molecule has 0 aliphatic carbocycles. The average Bonchev–Trinajstić information content (AvgIpc) is 2.54. The van der Waals surface area contributed by atoms with Gasteiger partial charge in [0, 0.05) is 24.8 Å². The molecule has 0 amide bonds. The van der Waals surface area contributed by atoms with E-state index >= 15 is 0 Å². The van der Waals surface area contributed by atoms with Crippen LogP contribution in [-0.2, 0) is 19.5 Å². The summed E-state index contributed by atoms with van der Waals surface area (Å²) in [7, 11) is 0. The molecule has 0 saturated carbocycles. The maximum absolute atomic E-state index is 11.6. The minimum Gasteiger partial charge on any atom is -0.287 e. The number of nitrogens with zero attached hydrogens (tertiary/aromatic N) is 2. The zero-order chi connectivity index (χ0) is 9.97. The molecule has 0 atom stereocenters. The van der Waals surface area contributed by atoms with E-state index in [2.05, 4.69) is 11.6 Å². The second-order valence-electron chi connectivity index (χ2n) is 4.03. The van der Waals surface area contributed by atoms with E-state index in [1.54, 1.807) is 0 Å². The molecule has 3 heteroatoms. The number of fused-ring (bicyclic) bond motifs is 1. The third-order valence-corrected chi connectivity index (χ3v) is 2.94. The van der Waals surface area contributed by atoms with Crippen LogP contribution in [0.15, 0.2) is 10.9 Å². The molecule has 1 aromatic rings. The summed E-state index contributed by atoms with van der Waals surface area (Å²) in [5.74, 6) is 0. The third-order valence-electron chi connectivity index (χ3n) is 2.94. The maximum atomic E-state index is 11.6. The molecule has 0 bridgehead atoms. The van der Waals surface area contributed by atoms with Crippen molar-refractivity contribution >= 4 is 0 Å². The van der Waals surface area contributed by atoms with Crippen molar-refractivity contribution in [1.82, 2.24) is 9.36 Å². The highest BCUT2D eigenvalue weighted by molar-refractivity contribution is 5.03. The third kappa shape index (κ3) is 1.63. The monoisotopic (exact) mass is 194 g/mol. The Bertz CT molecular complexity index is 362. The Balaban J connectivity index is 2.27. The van der Waals surface area contributed by atoms with Crippen LogP contribution in [0.1, 0.15) is 38.3 Å². The lowest BCUT2D eigenvalue weighted by molar-refractivity contribution is 0.345. The van der Waals surface area contributed by atoms with E-state index in [4.69, 9.17) is 0 Å². The van der Waals surface area contributed by atoms with E-state index < -0.39 is 0 Å². The highest BCUT2D eigenvalue weighted by Gasteiger charge is 2.13. The largest absolute Gasteiger partial charge is 0.287 e. The van der Waals surface area contributed by atoms with Crippen LogP contribution in [0.5, 0.6) is 0 Å². The van der Waals surface area contributed by atoms with Crippen molar-refractivity contribution in [2.24, 2.45) is 0 Å². The topological polar surface area (TPSA) is 26.9 Å². The molecule has 0 unspecified atom stereocenters. The molecule has 0 spiro atoms. The zero-order valence-corrected chi connectivity index (χ0v) is 8.83. The minimum absolute atomic E-state index is 0.191. The van der Waals surface area contributed by atoms with Crippen LogP contribution in [0.3, 0.4) is 0 Å². The number of aryl methyl sites for hydroxylation is 1. The minimum atomic E-state index is 0.191. The predicted octanol–water partition coefficient (Wildman–Crippen LogP) is 1.79. The van der Waals surface area contributed by atoms with Crippen molar-refractivity contribution in [1.29, 1.82) is 0 Å². The molecule has 1 aromatic heterocycles. The highest BCUT2D eigenvalue weighted by atomic mass is 16.1. The van der Waals surface area contributed by atoms with Gasteiger partial charge >= 0.3 is 0 Å². The summed E-state index contributed by atoms with van der Waals surface area (Å²) in [6.07, 6.45) is 5.80. The van der Waals surface area contributed by atoms with Crippen LogP contribution >= 0.6 is 0 Å². The van der Waals surface area contributed by atoms with Gasteiger partial charge in [0.1, 0.15) is 0 Å². The molecule has 0 aromatic carbocycles. The molecule has 1 aliphatic rings. The van der Waals surface area contributed by atoms with Crippen LogP contribution in [-0.4, -0.2) is 9.36 Å². The lowest BCUT2D eigenvalue weighted by atomic mass is 10.2. The Labute approximate surface area is 84.3 Å². The number of hydrogen-bond donors (Lipinski definition) is 0. The van der Waals surface area contributed by atoms with Crippen LogP contribution in [0.2, 0.25) is 0 Å². The fourth-order valence-electron chi connectivity index (χ4n) is 2.14. The molecule has 0 radical (unpaired) electrons.